The number of benzene rings is 2. The molecule has 0 unspecified atom stereocenters. The van der Waals surface area contributed by atoms with Crippen LogP contribution in [0.1, 0.15) is 0 Å². The summed E-state index contributed by atoms with van der Waals surface area (Å²) >= 11 is 0. The maximum Gasteiger partial charge on any atom is 0.255 e. The molecule has 0 aliphatic heterocycles. The molecule has 0 spiro atoms. The first-order chi connectivity index (χ1) is 10.7. The topological polar surface area (TPSA) is 66.0 Å². The quantitative estimate of drug-likeness (QED) is 0.564. The molecular formula is C18H12N2O2. The van der Waals surface area contributed by atoms with E-state index >= 15 is 0 Å². The number of aromatic hydroxyl groups is 1. The Balaban J connectivity index is 2.08. The highest BCUT2D eigenvalue weighted by Gasteiger charge is 2.11. The fraction of sp³-hybridized carbons (Fsp3) is 0. The second-order valence-corrected chi connectivity index (χ2v) is 5.15. The molecule has 4 nitrogen and oxygen atoms in total. The van der Waals surface area contributed by atoms with Crippen LogP contribution in [0.25, 0.3) is 32.8 Å². The Morgan fingerprint density at radius 1 is 1.05 bits per heavy atom. The molecule has 0 fully saturated rings. The minimum Gasteiger partial charge on any atom is -0.507 e. The number of aromatic amines is 1. The maximum absolute atomic E-state index is 11.9. The number of aromatic nitrogens is 2. The molecule has 0 aliphatic rings. The van der Waals surface area contributed by atoms with Gasteiger partial charge in [-0.25, -0.2) is 0 Å². The fourth-order valence-corrected chi connectivity index (χ4v) is 2.75. The average Bonchev–Trinajstić information content (AvgIpc) is 2.55. The zero-order chi connectivity index (χ0) is 15.1. The summed E-state index contributed by atoms with van der Waals surface area (Å²) in [5, 5.41) is 12.2. The van der Waals surface area contributed by atoms with E-state index in [2.05, 4.69) is 9.97 Å². The molecule has 2 aromatic carbocycles. The summed E-state index contributed by atoms with van der Waals surface area (Å²) < 4.78 is 0. The zero-order valence-corrected chi connectivity index (χ0v) is 11.6. The summed E-state index contributed by atoms with van der Waals surface area (Å²) in [7, 11) is 0. The van der Waals surface area contributed by atoms with E-state index in [-0.39, 0.29) is 11.3 Å². The number of fused-ring (bicyclic) bond motifs is 2. The molecule has 22 heavy (non-hydrogen) atoms. The Hall–Kier alpha value is -3.14. The van der Waals surface area contributed by atoms with Gasteiger partial charge in [-0.15, -0.1) is 0 Å². The first-order valence-corrected chi connectivity index (χ1v) is 6.92. The van der Waals surface area contributed by atoms with Crippen LogP contribution in [-0.4, -0.2) is 15.1 Å². The fourth-order valence-electron chi connectivity index (χ4n) is 2.75. The van der Waals surface area contributed by atoms with E-state index in [9.17, 15) is 9.90 Å². The second kappa shape index (κ2) is 4.70. The minimum atomic E-state index is -0.219. The molecule has 0 amide bonds. The van der Waals surface area contributed by atoms with Crippen molar-refractivity contribution in [3.05, 3.63) is 71.3 Å². The normalized spacial score (nSPS) is 11.1. The highest BCUT2D eigenvalue weighted by atomic mass is 16.3. The highest BCUT2D eigenvalue weighted by Crippen LogP contribution is 2.33. The monoisotopic (exact) mass is 288 g/mol. The molecule has 4 heteroatoms. The smallest absolute Gasteiger partial charge is 0.255 e. The van der Waals surface area contributed by atoms with Crippen LogP contribution in [-0.2, 0) is 0 Å². The van der Waals surface area contributed by atoms with E-state index in [0.29, 0.717) is 10.8 Å². The number of hydrogen-bond donors (Lipinski definition) is 2. The van der Waals surface area contributed by atoms with Crippen molar-refractivity contribution >= 4 is 21.7 Å². The predicted molar refractivity (Wildman–Crippen MR) is 87.0 cm³/mol. The van der Waals surface area contributed by atoms with Crippen molar-refractivity contribution < 1.29 is 5.11 Å². The summed E-state index contributed by atoms with van der Waals surface area (Å²) in [6.07, 6.45) is 3.37. The molecule has 106 valence electrons. The van der Waals surface area contributed by atoms with Crippen molar-refractivity contribution in [2.75, 3.05) is 0 Å². The van der Waals surface area contributed by atoms with Gasteiger partial charge in [0.1, 0.15) is 5.75 Å². The largest absolute Gasteiger partial charge is 0.507 e. The molecule has 0 atom stereocenters. The first-order valence-electron chi connectivity index (χ1n) is 6.92. The summed E-state index contributed by atoms with van der Waals surface area (Å²) in [6, 6.07) is 14.8. The standard InChI is InChI=1S/C18H12N2O2/c21-16-7-3-5-13-17(16)14(10-20-18(13)22)12-8-11-4-1-2-6-15(11)19-9-12/h1-10,21H,(H,20,22). The Kier molecular flexibility index (Phi) is 2.69. The molecule has 0 aliphatic carbocycles. The number of nitrogens with one attached hydrogen (secondary N) is 1. The Morgan fingerprint density at radius 2 is 1.91 bits per heavy atom. The Morgan fingerprint density at radius 3 is 2.82 bits per heavy atom. The predicted octanol–water partition coefficient (Wildman–Crippen LogP) is 3.45. The lowest BCUT2D eigenvalue weighted by Gasteiger charge is -2.08. The number of hydrogen-bond acceptors (Lipinski definition) is 3. The van der Waals surface area contributed by atoms with Crippen LogP contribution in [0.3, 0.4) is 0 Å². The van der Waals surface area contributed by atoms with Gasteiger partial charge < -0.3 is 10.1 Å². The van der Waals surface area contributed by atoms with Crippen LogP contribution in [0, 0.1) is 0 Å². The van der Waals surface area contributed by atoms with Gasteiger partial charge in [-0.2, -0.15) is 0 Å². The van der Waals surface area contributed by atoms with E-state index in [1.54, 1.807) is 30.6 Å². The molecule has 0 saturated heterocycles. The molecule has 4 aromatic rings. The van der Waals surface area contributed by atoms with Crippen molar-refractivity contribution in [2.24, 2.45) is 0 Å². The van der Waals surface area contributed by atoms with Gasteiger partial charge in [-0.1, -0.05) is 24.3 Å². The second-order valence-electron chi connectivity index (χ2n) is 5.15. The number of nitrogens with zero attached hydrogens (tertiary/aromatic N) is 1. The van der Waals surface area contributed by atoms with Crippen molar-refractivity contribution in [1.82, 2.24) is 9.97 Å². The van der Waals surface area contributed by atoms with Crippen molar-refractivity contribution in [1.29, 1.82) is 0 Å². The van der Waals surface area contributed by atoms with Crippen molar-refractivity contribution in [3.8, 4) is 16.9 Å². The molecule has 2 N–H and O–H groups in total. The van der Waals surface area contributed by atoms with Crippen LogP contribution in [0.15, 0.2) is 65.7 Å². The van der Waals surface area contributed by atoms with E-state index in [0.717, 1.165) is 22.0 Å². The summed E-state index contributed by atoms with van der Waals surface area (Å²) in [5.41, 5.74) is 2.29. The summed E-state index contributed by atoms with van der Waals surface area (Å²) in [4.78, 5) is 19.1. The van der Waals surface area contributed by atoms with Gasteiger partial charge in [-0.3, -0.25) is 9.78 Å². The van der Waals surface area contributed by atoms with Gasteiger partial charge in [0.15, 0.2) is 0 Å². The van der Waals surface area contributed by atoms with Crippen LogP contribution in [0.5, 0.6) is 5.75 Å². The van der Waals surface area contributed by atoms with Crippen LogP contribution < -0.4 is 5.56 Å². The third-order valence-electron chi connectivity index (χ3n) is 3.81. The molecule has 4 rings (SSSR count). The van der Waals surface area contributed by atoms with Gasteiger partial charge in [0.05, 0.1) is 10.9 Å². The number of rotatable bonds is 1. The number of H-pyrrole nitrogens is 1. The lowest BCUT2D eigenvalue weighted by molar-refractivity contribution is 0.481. The molecule has 0 radical (unpaired) electrons. The first kappa shape index (κ1) is 12.6. The van der Waals surface area contributed by atoms with E-state index < -0.39 is 0 Å². The van der Waals surface area contributed by atoms with Crippen LogP contribution in [0.4, 0.5) is 0 Å². The van der Waals surface area contributed by atoms with Gasteiger partial charge >= 0.3 is 0 Å². The van der Waals surface area contributed by atoms with E-state index in [1.807, 2.05) is 30.3 Å². The van der Waals surface area contributed by atoms with Gasteiger partial charge in [-0.05, 0) is 24.3 Å². The number of phenols is 1. The van der Waals surface area contributed by atoms with Crippen molar-refractivity contribution in [2.45, 2.75) is 0 Å². The molecule has 0 saturated carbocycles. The lowest BCUT2D eigenvalue weighted by atomic mass is 10.0. The van der Waals surface area contributed by atoms with Crippen LogP contribution in [0.2, 0.25) is 0 Å². The highest BCUT2D eigenvalue weighted by molar-refractivity contribution is 6.00. The maximum atomic E-state index is 11.9. The number of phenolic OH excluding ortho intramolecular Hbond substituents is 1. The van der Waals surface area contributed by atoms with E-state index in [1.165, 1.54) is 0 Å². The zero-order valence-electron chi connectivity index (χ0n) is 11.6. The average molecular weight is 288 g/mol. The molecule has 0 bridgehead atoms. The van der Waals surface area contributed by atoms with Crippen LogP contribution >= 0.6 is 0 Å². The number of para-hydroxylation sites is 1. The Labute approximate surface area is 125 Å². The van der Waals surface area contributed by atoms with Gasteiger partial charge in [0.2, 0.25) is 0 Å². The van der Waals surface area contributed by atoms with Crippen molar-refractivity contribution in [3.63, 3.8) is 0 Å². The van der Waals surface area contributed by atoms with E-state index in [4.69, 9.17) is 0 Å². The van der Waals surface area contributed by atoms with Gasteiger partial charge in [0.25, 0.3) is 5.56 Å². The third-order valence-corrected chi connectivity index (χ3v) is 3.81. The molecule has 2 aromatic heterocycles. The summed E-state index contributed by atoms with van der Waals surface area (Å²) in [6.45, 7) is 0. The Bertz CT molecular complexity index is 1070. The summed E-state index contributed by atoms with van der Waals surface area (Å²) in [5.74, 6) is 0.0896. The molecular weight excluding hydrogens is 276 g/mol. The lowest BCUT2D eigenvalue weighted by Crippen LogP contribution is -2.05. The third kappa shape index (κ3) is 1.85. The minimum absolute atomic E-state index is 0.0896. The molecule has 2 heterocycles. The SMILES string of the molecule is O=c1[nH]cc(-c2cnc3ccccc3c2)c2c(O)cccc12. The van der Waals surface area contributed by atoms with Gasteiger partial charge in [0, 0.05) is 34.3 Å². The number of pyridine rings is 2.